The Labute approximate surface area is 125 Å². The van der Waals surface area contributed by atoms with Gasteiger partial charge in [0, 0.05) is 6.07 Å². The van der Waals surface area contributed by atoms with Crippen molar-refractivity contribution in [3.8, 4) is 0 Å². The third kappa shape index (κ3) is 2.89. The SMILES string of the molecule is O=[N+]([O-])c1cc(C(F)(F)F)ccc1Sc1nnnn1C1CC1. The van der Waals surface area contributed by atoms with Crippen molar-refractivity contribution in [1.29, 1.82) is 0 Å². The van der Waals surface area contributed by atoms with Crippen LogP contribution in [0.4, 0.5) is 18.9 Å². The van der Waals surface area contributed by atoms with Crippen molar-refractivity contribution in [1.82, 2.24) is 20.2 Å². The van der Waals surface area contributed by atoms with Crippen molar-refractivity contribution >= 4 is 17.4 Å². The molecule has 0 amide bonds. The third-order valence-electron chi connectivity index (χ3n) is 3.04. The fourth-order valence-electron chi connectivity index (χ4n) is 1.82. The Morgan fingerprint density at radius 2 is 2.09 bits per heavy atom. The minimum Gasteiger partial charge on any atom is -0.258 e. The van der Waals surface area contributed by atoms with Crippen LogP contribution < -0.4 is 0 Å². The van der Waals surface area contributed by atoms with Crippen LogP contribution in [0.1, 0.15) is 24.4 Å². The van der Waals surface area contributed by atoms with Gasteiger partial charge in [0.2, 0.25) is 5.16 Å². The number of tetrazole rings is 1. The quantitative estimate of drug-likeness (QED) is 0.632. The Bertz CT molecular complexity index is 729. The van der Waals surface area contributed by atoms with Gasteiger partial charge in [-0.25, -0.2) is 4.68 Å². The zero-order chi connectivity index (χ0) is 15.9. The van der Waals surface area contributed by atoms with E-state index in [1.165, 1.54) is 4.68 Å². The van der Waals surface area contributed by atoms with E-state index < -0.39 is 22.4 Å². The topological polar surface area (TPSA) is 86.7 Å². The van der Waals surface area contributed by atoms with Crippen LogP contribution in [-0.2, 0) is 6.18 Å². The molecule has 11 heteroatoms. The molecule has 0 saturated heterocycles. The molecule has 7 nitrogen and oxygen atoms in total. The third-order valence-corrected chi connectivity index (χ3v) is 4.06. The van der Waals surface area contributed by atoms with Crippen molar-refractivity contribution in [2.75, 3.05) is 0 Å². The highest BCUT2D eigenvalue weighted by atomic mass is 32.2. The van der Waals surface area contributed by atoms with Gasteiger partial charge in [-0.2, -0.15) is 13.2 Å². The number of rotatable bonds is 4. The summed E-state index contributed by atoms with van der Waals surface area (Å²) in [5.74, 6) is 0. The number of halogens is 3. The molecule has 0 spiro atoms. The number of benzene rings is 1. The summed E-state index contributed by atoms with van der Waals surface area (Å²) >= 11 is 0.881. The highest BCUT2D eigenvalue weighted by Gasteiger charge is 2.34. The summed E-state index contributed by atoms with van der Waals surface area (Å²) < 4.78 is 39.5. The molecule has 0 unspecified atom stereocenters. The molecule has 1 fully saturated rings. The lowest BCUT2D eigenvalue weighted by Crippen LogP contribution is -2.06. The Balaban J connectivity index is 1.96. The van der Waals surface area contributed by atoms with E-state index >= 15 is 0 Å². The van der Waals surface area contributed by atoms with Gasteiger partial charge < -0.3 is 0 Å². The summed E-state index contributed by atoms with van der Waals surface area (Å²) in [4.78, 5) is 10.2. The molecule has 116 valence electrons. The lowest BCUT2D eigenvalue weighted by molar-refractivity contribution is -0.388. The highest BCUT2D eigenvalue weighted by Crippen LogP contribution is 2.41. The van der Waals surface area contributed by atoms with Gasteiger partial charge in [0.1, 0.15) is 0 Å². The standard InChI is InChI=1S/C11H8F3N5O2S/c12-11(13,14)6-1-4-9(8(5-6)19(20)21)22-10-15-16-17-18(10)7-2-3-7/h1,4-5,7H,2-3H2. The first-order valence-corrected chi connectivity index (χ1v) is 6.99. The monoisotopic (exact) mass is 331 g/mol. The zero-order valence-electron chi connectivity index (χ0n) is 10.8. The average Bonchev–Trinajstić information content (AvgIpc) is 3.18. The molecule has 0 aliphatic heterocycles. The van der Waals surface area contributed by atoms with E-state index in [0.717, 1.165) is 36.7 Å². The largest absolute Gasteiger partial charge is 0.416 e. The van der Waals surface area contributed by atoms with Crippen molar-refractivity contribution < 1.29 is 18.1 Å². The van der Waals surface area contributed by atoms with E-state index in [4.69, 9.17) is 0 Å². The predicted molar refractivity (Wildman–Crippen MR) is 68.3 cm³/mol. The second-order valence-electron chi connectivity index (χ2n) is 4.68. The van der Waals surface area contributed by atoms with E-state index in [0.29, 0.717) is 11.2 Å². The smallest absolute Gasteiger partial charge is 0.258 e. The van der Waals surface area contributed by atoms with Gasteiger partial charge in [0.25, 0.3) is 5.69 Å². The molecule has 1 heterocycles. The van der Waals surface area contributed by atoms with E-state index in [-0.39, 0.29) is 10.9 Å². The highest BCUT2D eigenvalue weighted by molar-refractivity contribution is 7.99. The van der Waals surface area contributed by atoms with Gasteiger partial charge >= 0.3 is 6.18 Å². The van der Waals surface area contributed by atoms with Gasteiger partial charge in [-0.3, -0.25) is 10.1 Å². The molecule has 2 aromatic rings. The average molecular weight is 331 g/mol. The minimum absolute atomic E-state index is 0.0645. The molecule has 0 N–H and O–H groups in total. The molecule has 3 rings (SSSR count). The summed E-state index contributed by atoms with van der Waals surface area (Å²) in [6.07, 6.45) is -2.81. The molecule has 1 aliphatic rings. The van der Waals surface area contributed by atoms with E-state index in [1.54, 1.807) is 0 Å². The number of hydrogen-bond acceptors (Lipinski definition) is 6. The summed E-state index contributed by atoms with van der Waals surface area (Å²) in [7, 11) is 0. The molecule has 1 aromatic carbocycles. The van der Waals surface area contributed by atoms with Gasteiger partial charge in [-0.15, -0.1) is 5.10 Å². The van der Waals surface area contributed by atoms with Crippen molar-refractivity contribution in [2.45, 2.75) is 35.1 Å². The summed E-state index contributed by atoms with van der Waals surface area (Å²) in [5, 5.41) is 22.4. The van der Waals surface area contributed by atoms with Crippen LogP contribution in [0.5, 0.6) is 0 Å². The van der Waals surface area contributed by atoms with Gasteiger partial charge in [0.05, 0.1) is 21.4 Å². The van der Waals surface area contributed by atoms with E-state index in [9.17, 15) is 23.3 Å². The first-order valence-electron chi connectivity index (χ1n) is 6.17. The van der Waals surface area contributed by atoms with Gasteiger partial charge in [-0.1, -0.05) is 0 Å². The Morgan fingerprint density at radius 1 is 1.36 bits per heavy atom. The molecule has 0 radical (unpaired) electrons. The lowest BCUT2D eigenvalue weighted by Gasteiger charge is -2.08. The molecule has 1 saturated carbocycles. The van der Waals surface area contributed by atoms with Crippen LogP contribution in [0.3, 0.4) is 0 Å². The first-order chi connectivity index (χ1) is 10.4. The van der Waals surface area contributed by atoms with Gasteiger partial charge in [0.15, 0.2) is 0 Å². The zero-order valence-corrected chi connectivity index (χ0v) is 11.6. The Kier molecular flexibility index (Phi) is 3.51. The molecular formula is C11H8F3N5O2S. The van der Waals surface area contributed by atoms with E-state index in [1.807, 2.05) is 0 Å². The molecular weight excluding hydrogens is 323 g/mol. The summed E-state index contributed by atoms with van der Waals surface area (Å²) in [6.45, 7) is 0. The lowest BCUT2D eigenvalue weighted by atomic mass is 10.2. The van der Waals surface area contributed by atoms with Crippen LogP contribution in [0.15, 0.2) is 28.3 Å². The van der Waals surface area contributed by atoms with Crippen molar-refractivity contribution in [3.63, 3.8) is 0 Å². The maximum absolute atomic E-state index is 12.7. The minimum atomic E-state index is -4.64. The number of hydrogen-bond donors (Lipinski definition) is 0. The van der Waals surface area contributed by atoms with Gasteiger partial charge in [-0.05, 0) is 47.2 Å². The fourth-order valence-corrected chi connectivity index (χ4v) is 2.75. The Morgan fingerprint density at radius 3 is 2.68 bits per heavy atom. The van der Waals surface area contributed by atoms with Crippen LogP contribution >= 0.6 is 11.8 Å². The normalized spacial score (nSPS) is 15.0. The molecule has 22 heavy (non-hydrogen) atoms. The number of alkyl halides is 3. The predicted octanol–water partition coefficient (Wildman–Crippen LogP) is 3.09. The number of nitro benzene ring substituents is 1. The van der Waals surface area contributed by atoms with Crippen LogP contribution in [0.2, 0.25) is 0 Å². The molecule has 0 bridgehead atoms. The Hall–Kier alpha value is -2.17. The second-order valence-corrected chi connectivity index (χ2v) is 5.69. The molecule has 1 aromatic heterocycles. The number of nitro groups is 1. The van der Waals surface area contributed by atoms with Crippen LogP contribution in [0.25, 0.3) is 0 Å². The summed E-state index contributed by atoms with van der Waals surface area (Å²) in [5.41, 5.74) is -1.68. The maximum Gasteiger partial charge on any atom is 0.416 e. The van der Waals surface area contributed by atoms with Crippen molar-refractivity contribution in [2.24, 2.45) is 0 Å². The number of nitrogens with zero attached hydrogens (tertiary/aromatic N) is 5. The maximum atomic E-state index is 12.7. The first kappa shape index (κ1) is 14.8. The fraction of sp³-hybridized carbons (Fsp3) is 0.364. The van der Waals surface area contributed by atoms with Crippen LogP contribution in [0, 0.1) is 10.1 Å². The van der Waals surface area contributed by atoms with Crippen molar-refractivity contribution in [3.05, 3.63) is 33.9 Å². The van der Waals surface area contributed by atoms with Crippen LogP contribution in [-0.4, -0.2) is 25.1 Å². The molecule has 0 atom stereocenters. The molecule has 1 aliphatic carbocycles. The van der Waals surface area contributed by atoms with E-state index in [2.05, 4.69) is 15.5 Å². The summed E-state index contributed by atoms with van der Waals surface area (Å²) in [6, 6.07) is 2.55. The second kappa shape index (κ2) is 5.23. The number of aromatic nitrogens is 4.